The summed E-state index contributed by atoms with van der Waals surface area (Å²) in [5.74, 6) is 0.0225. The molecule has 0 aliphatic rings. The molecule has 2 rings (SSSR count). The van der Waals surface area contributed by atoms with Crippen molar-refractivity contribution in [3.8, 4) is 0 Å². The second kappa shape index (κ2) is 6.00. The van der Waals surface area contributed by atoms with Crippen LogP contribution in [0.25, 0.3) is 0 Å². The first-order valence-corrected chi connectivity index (χ1v) is 5.97. The molecule has 0 radical (unpaired) electrons. The van der Waals surface area contributed by atoms with Gasteiger partial charge in [0.25, 0.3) is 0 Å². The molecule has 1 amide bonds. The van der Waals surface area contributed by atoms with Gasteiger partial charge in [0, 0.05) is 12.8 Å². The Hall–Kier alpha value is -2.10. The van der Waals surface area contributed by atoms with Crippen LogP contribution in [0.3, 0.4) is 0 Å². The van der Waals surface area contributed by atoms with Gasteiger partial charge in [0.15, 0.2) is 6.39 Å². The molecule has 4 heteroatoms. The zero-order valence-corrected chi connectivity index (χ0v) is 10.3. The van der Waals surface area contributed by atoms with Crippen molar-refractivity contribution < 1.29 is 9.21 Å². The molecule has 1 aromatic carbocycles. The number of hydrogen-bond acceptors (Lipinski definition) is 3. The summed E-state index contributed by atoms with van der Waals surface area (Å²) in [6.07, 6.45) is 3.96. The number of aryl methyl sites for hydroxylation is 1. The Morgan fingerprint density at radius 1 is 1.39 bits per heavy atom. The topological polar surface area (TPSA) is 55.1 Å². The number of carbonyl (C=O) groups is 1. The maximum atomic E-state index is 11.8. The molecule has 0 saturated heterocycles. The summed E-state index contributed by atoms with van der Waals surface area (Å²) in [4.78, 5) is 15.7. The summed E-state index contributed by atoms with van der Waals surface area (Å²) < 4.78 is 4.85. The largest absolute Gasteiger partial charge is 0.451 e. The number of amides is 1. The van der Waals surface area contributed by atoms with E-state index >= 15 is 0 Å². The Kier molecular flexibility index (Phi) is 4.12. The van der Waals surface area contributed by atoms with Crippen LogP contribution in [0.4, 0.5) is 0 Å². The summed E-state index contributed by atoms with van der Waals surface area (Å²) in [7, 11) is 0. The van der Waals surface area contributed by atoms with E-state index in [0.29, 0.717) is 12.8 Å². The molecule has 0 saturated carbocycles. The molecule has 1 heterocycles. The van der Waals surface area contributed by atoms with Gasteiger partial charge >= 0.3 is 0 Å². The Morgan fingerprint density at radius 3 is 2.83 bits per heavy atom. The molecule has 94 valence electrons. The van der Waals surface area contributed by atoms with E-state index in [2.05, 4.69) is 10.3 Å². The Balaban J connectivity index is 1.80. The Morgan fingerprint density at radius 2 is 2.17 bits per heavy atom. The maximum absolute atomic E-state index is 11.8. The number of benzene rings is 1. The minimum absolute atomic E-state index is 0.0225. The van der Waals surface area contributed by atoms with Crippen molar-refractivity contribution in [3.63, 3.8) is 0 Å². The molecule has 18 heavy (non-hydrogen) atoms. The lowest BCUT2D eigenvalue weighted by Crippen LogP contribution is -2.26. The molecule has 1 unspecified atom stereocenters. The molecule has 1 atom stereocenters. The first-order valence-electron chi connectivity index (χ1n) is 5.97. The molecule has 1 aromatic heterocycles. The fourth-order valence-corrected chi connectivity index (χ4v) is 1.74. The third-order valence-electron chi connectivity index (χ3n) is 2.77. The van der Waals surface area contributed by atoms with Gasteiger partial charge in [-0.3, -0.25) is 4.79 Å². The van der Waals surface area contributed by atoms with Crippen LogP contribution in [-0.4, -0.2) is 10.9 Å². The lowest BCUT2D eigenvalue weighted by atomic mass is 10.1. The standard InChI is InChI=1S/C14H16N2O2/c1-11(12-5-3-2-4-6-12)16-14(17)8-7-13-9-18-10-15-13/h2-6,9-11H,7-8H2,1H3,(H,16,17). The zero-order valence-electron chi connectivity index (χ0n) is 10.3. The van der Waals surface area contributed by atoms with Gasteiger partial charge in [0.05, 0.1) is 11.7 Å². The van der Waals surface area contributed by atoms with Gasteiger partial charge in [0.1, 0.15) is 6.26 Å². The number of oxazole rings is 1. The van der Waals surface area contributed by atoms with Gasteiger partial charge in [-0.25, -0.2) is 4.98 Å². The Labute approximate surface area is 106 Å². The summed E-state index contributed by atoms with van der Waals surface area (Å²) in [5, 5.41) is 2.96. The quantitative estimate of drug-likeness (QED) is 0.879. The first kappa shape index (κ1) is 12.4. The predicted molar refractivity (Wildman–Crippen MR) is 67.8 cm³/mol. The number of nitrogens with zero attached hydrogens (tertiary/aromatic N) is 1. The van der Waals surface area contributed by atoms with Gasteiger partial charge in [-0.15, -0.1) is 0 Å². The van der Waals surface area contributed by atoms with E-state index in [9.17, 15) is 4.79 Å². The van der Waals surface area contributed by atoms with Crippen molar-refractivity contribution in [2.24, 2.45) is 0 Å². The second-order valence-electron chi connectivity index (χ2n) is 4.18. The smallest absolute Gasteiger partial charge is 0.220 e. The number of carbonyl (C=O) groups excluding carboxylic acids is 1. The van der Waals surface area contributed by atoms with E-state index in [0.717, 1.165) is 11.3 Å². The number of nitrogens with one attached hydrogen (secondary N) is 1. The zero-order chi connectivity index (χ0) is 12.8. The first-order chi connectivity index (χ1) is 8.75. The molecule has 0 bridgehead atoms. The lowest BCUT2D eigenvalue weighted by molar-refractivity contribution is -0.121. The third kappa shape index (κ3) is 3.45. The molecule has 2 aromatic rings. The van der Waals surface area contributed by atoms with Crippen molar-refractivity contribution in [2.45, 2.75) is 25.8 Å². The highest BCUT2D eigenvalue weighted by Crippen LogP contribution is 2.11. The maximum Gasteiger partial charge on any atom is 0.220 e. The van der Waals surface area contributed by atoms with Crippen LogP contribution in [0.5, 0.6) is 0 Å². The van der Waals surface area contributed by atoms with Crippen molar-refractivity contribution in [1.29, 1.82) is 0 Å². The van der Waals surface area contributed by atoms with Crippen LogP contribution in [0.15, 0.2) is 47.4 Å². The van der Waals surface area contributed by atoms with Crippen LogP contribution in [-0.2, 0) is 11.2 Å². The summed E-state index contributed by atoms with van der Waals surface area (Å²) >= 11 is 0. The van der Waals surface area contributed by atoms with Crippen molar-refractivity contribution in [2.75, 3.05) is 0 Å². The van der Waals surface area contributed by atoms with Crippen molar-refractivity contribution in [1.82, 2.24) is 10.3 Å². The SMILES string of the molecule is CC(NC(=O)CCc1cocn1)c1ccccc1. The fourth-order valence-electron chi connectivity index (χ4n) is 1.74. The van der Waals surface area contributed by atoms with Gasteiger partial charge in [-0.1, -0.05) is 30.3 Å². The molecule has 0 fully saturated rings. The average Bonchev–Trinajstić information content (AvgIpc) is 2.90. The highest BCUT2D eigenvalue weighted by molar-refractivity contribution is 5.76. The molecule has 1 N–H and O–H groups in total. The van der Waals surface area contributed by atoms with Gasteiger partial charge in [-0.2, -0.15) is 0 Å². The van der Waals surface area contributed by atoms with Crippen LogP contribution < -0.4 is 5.32 Å². The predicted octanol–water partition coefficient (Wildman–Crippen LogP) is 2.48. The lowest BCUT2D eigenvalue weighted by Gasteiger charge is -2.13. The second-order valence-corrected chi connectivity index (χ2v) is 4.18. The third-order valence-corrected chi connectivity index (χ3v) is 2.77. The molecule has 0 aliphatic heterocycles. The minimum atomic E-state index is 0.0225. The highest BCUT2D eigenvalue weighted by Gasteiger charge is 2.09. The van der Waals surface area contributed by atoms with E-state index in [4.69, 9.17) is 4.42 Å². The van der Waals surface area contributed by atoms with Crippen LogP contribution in [0.2, 0.25) is 0 Å². The van der Waals surface area contributed by atoms with Crippen LogP contribution in [0.1, 0.15) is 30.6 Å². The van der Waals surface area contributed by atoms with Crippen LogP contribution >= 0.6 is 0 Å². The minimum Gasteiger partial charge on any atom is -0.451 e. The highest BCUT2D eigenvalue weighted by atomic mass is 16.3. The molecule has 0 aliphatic carbocycles. The van der Waals surface area contributed by atoms with E-state index in [1.807, 2.05) is 37.3 Å². The summed E-state index contributed by atoms with van der Waals surface area (Å²) in [6.45, 7) is 1.98. The molecule has 4 nitrogen and oxygen atoms in total. The Bertz CT molecular complexity index is 480. The van der Waals surface area contributed by atoms with E-state index < -0.39 is 0 Å². The van der Waals surface area contributed by atoms with Gasteiger partial charge < -0.3 is 9.73 Å². The number of hydrogen-bond donors (Lipinski definition) is 1. The van der Waals surface area contributed by atoms with E-state index in [1.54, 1.807) is 6.26 Å². The fraction of sp³-hybridized carbons (Fsp3) is 0.286. The average molecular weight is 244 g/mol. The summed E-state index contributed by atoms with van der Waals surface area (Å²) in [6, 6.07) is 9.92. The van der Waals surface area contributed by atoms with Crippen LogP contribution in [0, 0.1) is 0 Å². The normalized spacial score (nSPS) is 12.1. The molecule has 0 spiro atoms. The molecular formula is C14H16N2O2. The number of aromatic nitrogens is 1. The molecular weight excluding hydrogens is 228 g/mol. The van der Waals surface area contributed by atoms with E-state index in [1.165, 1.54) is 6.39 Å². The van der Waals surface area contributed by atoms with Gasteiger partial charge in [-0.05, 0) is 12.5 Å². The van der Waals surface area contributed by atoms with Gasteiger partial charge in [0.2, 0.25) is 5.91 Å². The van der Waals surface area contributed by atoms with Crippen molar-refractivity contribution >= 4 is 5.91 Å². The van der Waals surface area contributed by atoms with Crippen molar-refractivity contribution in [3.05, 3.63) is 54.2 Å². The van der Waals surface area contributed by atoms with E-state index in [-0.39, 0.29) is 11.9 Å². The monoisotopic (exact) mass is 244 g/mol. The number of rotatable bonds is 5. The summed E-state index contributed by atoms with van der Waals surface area (Å²) in [5.41, 5.74) is 1.91.